The van der Waals surface area contributed by atoms with E-state index in [9.17, 15) is 4.79 Å². The molecular formula is C17H18BrN3O2S. The summed E-state index contributed by atoms with van der Waals surface area (Å²) in [5.41, 5.74) is 10.9. The number of nitrogens with two attached hydrogens (primary N) is 2. The highest BCUT2D eigenvalue weighted by atomic mass is 79.9. The van der Waals surface area contributed by atoms with Crippen molar-refractivity contribution in [2.45, 2.75) is 11.8 Å². The predicted octanol–water partition coefficient (Wildman–Crippen LogP) is 3.36. The smallest absolute Gasteiger partial charge is 0.309 e. The van der Waals surface area contributed by atoms with Gasteiger partial charge in [0, 0.05) is 22.0 Å². The van der Waals surface area contributed by atoms with Crippen molar-refractivity contribution in [2.75, 3.05) is 5.75 Å². The number of benzene rings is 2. The van der Waals surface area contributed by atoms with E-state index in [-0.39, 0.29) is 5.88 Å². The monoisotopic (exact) mass is 407 g/mol. The van der Waals surface area contributed by atoms with Crippen molar-refractivity contribution in [3.05, 3.63) is 64.6 Å². The summed E-state index contributed by atoms with van der Waals surface area (Å²) in [6, 6.07) is 16.3. The molecule has 0 atom stereocenters. The molecule has 0 saturated heterocycles. The van der Waals surface area contributed by atoms with Gasteiger partial charge in [-0.05, 0) is 35.4 Å². The molecule has 2 rings (SSSR count). The Kier molecular flexibility index (Phi) is 6.72. The number of hydrogen-bond acceptors (Lipinski definition) is 6. The maximum atomic E-state index is 11.0. The van der Waals surface area contributed by atoms with Crippen LogP contribution < -0.4 is 17.0 Å². The summed E-state index contributed by atoms with van der Waals surface area (Å²) in [4.78, 5) is 12.0. The molecule has 5 nitrogen and oxygen atoms in total. The molecule has 0 fully saturated rings. The zero-order valence-electron chi connectivity index (χ0n) is 13.1. The Bertz CT molecular complexity index is 731. The number of esters is 1. The maximum absolute atomic E-state index is 11.0. The fourth-order valence-corrected chi connectivity index (χ4v) is 2.99. The predicted molar refractivity (Wildman–Crippen MR) is 101 cm³/mol. The Morgan fingerprint density at radius 3 is 2.17 bits per heavy atom. The van der Waals surface area contributed by atoms with Crippen molar-refractivity contribution in [3.63, 3.8) is 0 Å². The zero-order valence-corrected chi connectivity index (χ0v) is 15.5. The third kappa shape index (κ3) is 5.30. The van der Waals surface area contributed by atoms with Gasteiger partial charge in [-0.15, -0.1) is 11.8 Å². The fraction of sp³-hybridized carbons (Fsp3) is 0.118. The second-order valence-electron chi connectivity index (χ2n) is 4.91. The van der Waals surface area contributed by atoms with Crippen LogP contribution in [0.15, 0.2) is 69.5 Å². The molecule has 0 radical (unpaired) electrons. The van der Waals surface area contributed by atoms with Gasteiger partial charge < -0.3 is 10.5 Å². The molecule has 0 saturated carbocycles. The summed E-state index contributed by atoms with van der Waals surface area (Å²) < 4.78 is 5.95. The number of ether oxygens (including phenoxy) is 1. The average Bonchev–Trinajstić information content (AvgIpc) is 2.58. The highest BCUT2D eigenvalue weighted by molar-refractivity contribution is 9.10. The van der Waals surface area contributed by atoms with Crippen molar-refractivity contribution in [1.82, 2.24) is 5.43 Å². The van der Waals surface area contributed by atoms with Gasteiger partial charge in [-0.3, -0.25) is 10.2 Å². The topological polar surface area (TPSA) is 90.4 Å². The first-order valence-corrected chi connectivity index (χ1v) is 8.90. The van der Waals surface area contributed by atoms with Crippen LogP contribution in [0.2, 0.25) is 0 Å². The minimum atomic E-state index is -0.477. The Morgan fingerprint density at radius 1 is 1.12 bits per heavy atom. The van der Waals surface area contributed by atoms with Gasteiger partial charge in [-0.25, -0.2) is 5.84 Å². The van der Waals surface area contributed by atoms with Gasteiger partial charge in [0.1, 0.15) is 0 Å². The molecule has 0 unspecified atom stereocenters. The summed E-state index contributed by atoms with van der Waals surface area (Å²) >= 11 is 4.96. The first kappa shape index (κ1) is 18.4. The SMILES string of the molecule is CC(=O)O/C(NN)=C(/N)CSc1ccc(-c2ccc(Br)cc2)cc1. The van der Waals surface area contributed by atoms with E-state index in [1.807, 2.05) is 24.3 Å². The van der Waals surface area contributed by atoms with Crippen molar-refractivity contribution in [1.29, 1.82) is 0 Å². The quantitative estimate of drug-likeness (QED) is 0.223. The number of halogens is 1. The van der Waals surface area contributed by atoms with Crippen LogP contribution in [-0.2, 0) is 9.53 Å². The van der Waals surface area contributed by atoms with Gasteiger partial charge in [0.25, 0.3) is 0 Å². The van der Waals surface area contributed by atoms with Crippen molar-refractivity contribution < 1.29 is 9.53 Å². The third-order valence-electron chi connectivity index (χ3n) is 3.09. The first-order valence-electron chi connectivity index (χ1n) is 7.12. The van der Waals surface area contributed by atoms with E-state index in [0.29, 0.717) is 11.4 Å². The van der Waals surface area contributed by atoms with E-state index in [1.165, 1.54) is 18.7 Å². The van der Waals surface area contributed by atoms with E-state index >= 15 is 0 Å². The van der Waals surface area contributed by atoms with Crippen LogP contribution in [0.4, 0.5) is 0 Å². The van der Waals surface area contributed by atoms with Crippen molar-refractivity contribution in [3.8, 4) is 11.1 Å². The van der Waals surface area contributed by atoms with Crippen LogP contribution in [0.25, 0.3) is 11.1 Å². The van der Waals surface area contributed by atoms with Gasteiger partial charge >= 0.3 is 5.97 Å². The van der Waals surface area contributed by atoms with Crippen molar-refractivity contribution >= 4 is 33.7 Å². The second kappa shape index (κ2) is 8.77. The van der Waals surface area contributed by atoms with Crippen molar-refractivity contribution in [2.24, 2.45) is 11.6 Å². The van der Waals surface area contributed by atoms with Crippen LogP contribution >= 0.6 is 27.7 Å². The van der Waals surface area contributed by atoms with E-state index < -0.39 is 5.97 Å². The maximum Gasteiger partial charge on any atom is 0.309 e. The fourth-order valence-electron chi connectivity index (χ4n) is 1.94. The van der Waals surface area contributed by atoms with Gasteiger partial charge in [-0.1, -0.05) is 40.2 Å². The Morgan fingerprint density at radius 2 is 1.67 bits per heavy atom. The molecule has 2 aromatic carbocycles. The van der Waals surface area contributed by atoms with Crippen LogP contribution in [0.5, 0.6) is 0 Å². The molecule has 2 aromatic rings. The van der Waals surface area contributed by atoms with Gasteiger partial charge in [-0.2, -0.15) is 0 Å². The number of carbonyl (C=O) groups excluding carboxylic acids is 1. The molecule has 0 heterocycles. The summed E-state index contributed by atoms with van der Waals surface area (Å²) in [6.07, 6.45) is 0. The molecule has 24 heavy (non-hydrogen) atoms. The lowest BCUT2D eigenvalue weighted by molar-refractivity contribution is -0.137. The normalized spacial score (nSPS) is 11.6. The number of rotatable bonds is 6. The molecule has 126 valence electrons. The van der Waals surface area contributed by atoms with Crippen LogP contribution in [0, 0.1) is 0 Å². The third-order valence-corrected chi connectivity index (χ3v) is 4.68. The Balaban J connectivity index is 2.02. The molecule has 0 aromatic heterocycles. The lowest BCUT2D eigenvalue weighted by Crippen LogP contribution is -2.28. The molecule has 5 N–H and O–H groups in total. The highest BCUT2D eigenvalue weighted by Crippen LogP contribution is 2.26. The molecular weight excluding hydrogens is 390 g/mol. The largest absolute Gasteiger partial charge is 0.407 e. The molecule has 0 aliphatic rings. The molecule has 0 amide bonds. The summed E-state index contributed by atoms with van der Waals surface area (Å²) in [5, 5.41) is 0. The molecule has 0 aliphatic heterocycles. The van der Waals surface area contributed by atoms with Crippen LogP contribution in [-0.4, -0.2) is 11.7 Å². The zero-order chi connectivity index (χ0) is 17.5. The van der Waals surface area contributed by atoms with E-state index in [0.717, 1.165) is 20.5 Å². The van der Waals surface area contributed by atoms with Crippen LogP contribution in [0.3, 0.4) is 0 Å². The lowest BCUT2D eigenvalue weighted by atomic mass is 10.1. The molecule has 0 spiro atoms. The Labute approximate surface area is 153 Å². The van der Waals surface area contributed by atoms with Crippen LogP contribution in [0.1, 0.15) is 6.92 Å². The van der Waals surface area contributed by atoms with E-state index in [1.54, 1.807) is 0 Å². The minimum absolute atomic E-state index is 0.0847. The highest BCUT2D eigenvalue weighted by Gasteiger charge is 2.07. The number of hydrogen-bond donors (Lipinski definition) is 3. The molecule has 0 bridgehead atoms. The van der Waals surface area contributed by atoms with Gasteiger partial charge in [0.15, 0.2) is 0 Å². The number of hydrazine groups is 1. The van der Waals surface area contributed by atoms with Gasteiger partial charge in [0.05, 0.1) is 5.70 Å². The summed E-state index contributed by atoms with van der Waals surface area (Å²) in [6.45, 7) is 1.29. The number of nitrogens with one attached hydrogen (secondary N) is 1. The molecule has 7 heteroatoms. The molecule has 0 aliphatic carbocycles. The summed E-state index contributed by atoms with van der Waals surface area (Å²) in [7, 11) is 0. The number of carbonyl (C=O) groups is 1. The lowest BCUT2D eigenvalue weighted by Gasteiger charge is -2.10. The first-order chi connectivity index (χ1) is 11.5. The van der Waals surface area contributed by atoms with E-state index in [4.69, 9.17) is 16.3 Å². The minimum Gasteiger partial charge on any atom is -0.407 e. The summed E-state index contributed by atoms with van der Waals surface area (Å²) in [5.74, 6) is 5.36. The second-order valence-corrected chi connectivity index (χ2v) is 6.88. The van der Waals surface area contributed by atoms with Gasteiger partial charge in [0.2, 0.25) is 5.88 Å². The number of thioether (sulfide) groups is 1. The average molecular weight is 408 g/mol. The Hall–Kier alpha value is -1.96. The standard InChI is InChI=1S/C17H18BrN3O2S/c1-11(22)23-17(21-20)16(19)10-24-15-8-4-13(5-9-15)12-2-6-14(18)7-3-12/h2-9,21H,10,19-20H2,1H3/b17-16+. The van der Waals surface area contributed by atoms with E-state index in [2.05, 4.69) is 45.6 Å².